The highest BCUT2D eigenvalue weighted by Crippen LogP contribution is 2.26. The van der Waals surface area contributed by atoms with E-state index in [-0.39, 0.29) is 0 Å². The van der Waals surface area contributed by atoms with Crippen LogP contribution in [0.15, 0.2) is 28.9 Å². The first-order valence-corrected chi connectivity index (χ1v) is 4.57. The summed E-state index contributed by atoms with van der Waals surface area (Å²) >= 11 is 3.37. The van der Waals surface area contributed by atoms with Crippen molar-refractivity contribution >= 4 is 38.9 Å². The Morgan fingerprint density at radius 1 is 1.46 bits per heavy atom. The minimum Gasteiger partial charge on any atom is -0.359 e. The first-order chi connectivity index (χ1) is 6.31. The summed E-state index contributed by atoms with van der Waals surface area (Å²) in [6.45, 7) is 0. The van der Waals surface area contributed by atoms with Crippen molar-refractivity contribution in [3.05, 3.63) is 28.9 Å². The average Bonchev–Trinajstić information content (AvgIpc) is 2.52. The second-order valence-corrected chi connectivity index (χ2v) is 3.57. The van der Waals surface area contributed by atoms with Gasteiger partial charge in [0.2, 0.25) is 6.41 Å². The Morgan fingerprint density at radius 2 is 2.31 bits per heavy atom. The van der Waals surface area contributed by atoms with Crippen LogP contribution in [-0.4, -0.2) is 11.4 Å². The Labute approximate surface area is 83.3 Å². The number of rotatable bonds is 2. The number of amides is 1. The van der Waals surface area contributed by atoms with Crippen LogP contribution in [0.4, 0.5) is 5.69 Å². The van der Waals surface area contributed by atoms with E-state index in [4.69, 9.17) is 0 Å². The summed E-state index contributed by atoms with van der Waals surface area (Å²) in [4.78, 5) is 13.4. The van der Waals surface area contributed by atoms with Crippen LogP contribution in [0.25, 0.3) is 10.9 Å². The molecule has 0 aliphatic carbocycles. The molecule has 13 heavy (non-hydrogen) atoms. The monoisotopic (exact) mass is 238 g/mol. The molecule has 0 atom stereocenters. The van der Waals surface area contributed by atoms with E-state index in [0.717, 1.165) is 21.1 Å². The van der Waals surface area contributed by atoms with Gasteiger partial charge in [-0.05, 0) is 18.2 Å². The molecule has 2 N–H and O–H groups in total. The molecule has 0 saturated carbocycles. The maximum atomic E-state index is 10.3. The van der Waals surface area contributed by atoms with Crippen LogP contribution >= 0.6 is 15.9 Å². The number of H-pyrrole nitrogens is 1. The lowest BCUT2D eigenvalue weighted by molar-refractivity contribution is -0.105. The minimum absolute atomic E-state index is 0.669. The molecule has 3 nitrogen and oxygen atoms in total. The molecule has 2 aromatic rings. The fourth-order valence-electron chi connectivity index (χ4n) is 1.31. The lowest BCUT2D eigenvalue weighted by Crippen LogP contribution is -1.94. The van der Waals surface area contributed by atoms with Gasteiger partial charge in [0.25, 0.3) is 0 Å². The van der Waals surface area contributed by atoms with Crippen LogP contribution in [0.5, 0.6) is 0 Å². The van der Waals surface area contributed by atoms with E-state index in [1.165, 1.54) is 0 Å². The molecular formula is C9H7BrN2O. The summed E-state index contributed by atoms with van der Waals surface area (Å²) < 4.78 is 0.948. The van der Waals surface area contributed by atoms with Gasteiger partial charge in [-0.2, -0.15) is 0 Å². The Hall–Kier alpha value is -1.29. The molecule has 0 aliphatic heterocycles. The molecule has 4 heteroatoms. The molecule has 1 amide bonds. The van der Waals surface area contributed by atoms with Crippen LogP contribution in [0.2, 0.25) is 0 Å². The van der Waals surface area contributed by atoms with Crippen molar-refractivity contribution in [3.63, 3.8) is 0 Å². The Morgan fingerprint density at radius 3 is 3.08 bits per heavy atom. The van der Waals surface area contributed by atoms with Crippen molar-refractivity contribution in [2.24, 2.45) is 0 Å². The van der Waals surface area contributed by atoms with Crippen molar-refractivity contribution < 1.29 is 4.79 Å². The van der Waals surface area contributed by atoms with Crippen molar-refractivity contribution in [1.29, 1.82) is 0 Å². The van der Waals surface area contributed by atoms with Crippen molar-refractivity contribution in [3.8, 4) is 0 Å². The van der Waals surface area contributed by atoms with E-state index in [0.29, 0.717) is 6.41 Å². The van der Waals surface area contributed by atoms with Crippen molar-refractivity contribution in [1.82, 2.24) is 4.98 Å². The highest BCUT2D eigenvalue weighted by Gasteiger charge is 2.02. The Kier molecular flexibility index (Phi) is 2.06. The Bertz CT molecular complexity index is 450. The number of aromatic nitrogens is 1. The molecule has 2 rings (SSSR count). The fourth-order valence-corrected chi connectivity index (χ4v) is 1.79. The number of benzene rings is 1. The van der Waals surface area contributed by atoms with Gasteiger partial charge in [0.15, 0.2) is 0 Å². The van der Waals surface area contributed by atoms with E-state index in [1.807, 2.05) is 24.4 Å². The number of fused-ring (bicyclic) bond motifs is 1. The third-order valence-corrected chi connectivity index (χ3v) is 2.30. The molecule has 0 unspecified atom stereocenters. The van der Waals surface area contributed by atoms with E-state index in [1.54, 1.807) is 0 Å². The van der Waals surface area contributed by atoms with Gasteiger partial charge >= 0.3 is 0 Å². The average molecular weight is 239 g/mol. The topological polar surface area (TPSA) is 44.9 Å². The minimum atomic E-state index is 0.669. The zero-order valence-electron chi connectivity index (χ0n) is 6.67. The maximum absolute atomic E-state index is 10.3. The number of anilines is 1. The maximum Gasteiger partial charge on any atom is 0.211 e. The first-order valence-electron chi connectivity index (χ1n) is 3.78. The standard InChI is InChI=1S/C9H7BrN2O/c10-7-3-6-1-2-11-9(6)8(4-7)12-5-13/h1-5,11H,(H,12,13). The number of carbonyl (C=O) groups excluding carboxylic acids is 1. The van der Waals surface area contributed by atoms with Crippen LogP contribution in [0, 0.1) is 0 Å². The van der Waals surface area contributed by atoms with Gasteiger partial charge in [-0.3, -0.25) is 4.79 Å². The second-order valence-electron chi connectivity index (χ2n) is 2.66. The molecule has 0 fully saturated rings. The number of aromatic amines is 1. The summed E-state index contributed by atoms with van der Waals surface area (Å²) in [7, 11) is 0. The van der Waals surface area contributed by atoms with Crippen molar-refractivity contribution in [2.45, 2.75) is 0 Å². The molecule has 1 aromatic carbocycles. The second kappa shape index (κ2) is 3.22. The lowest BCUT2D eigenvalue weighted by atomic mass is 10.2. The molecule has 1 aromatic heterocycles. The summed E-state index contributed by atoms with van der Waals surface area (Å²) in [5.41, 5.74) is 1.72. The molecular weight excluding hydrogens is 232 g/mol. The zero-order valence-corrected chi connectivity index (χ0v) is 8.26. The third-order valence-electron chi connectivity index (χ3n) is 1.84. The predicted molar refractivity (Wildman–Crippen MR) is 55.7 cm³/mol. The smallest absolute Gasteiger partial charge is 0.211 e. The number of hydrogen-bond donors (Lipinski definition) is 2. The van der Waals surface area contributed by atoms with Gasteiger partial charge in [0.1, 0.15) is 0 Å². The predicted octanol–water partition coefficient (Wildman–Crippen LogP) is 2.50. The highest BCUT2D eigenvalue weighted by molar-refractivity contribution is 9.10. The van der Waals surface area contributed by atoms with Crippen LogP contribution in [0.3, 0.4) is 0 Å². The van der Waals surface area contributed by atoms with E-state index in [2.05, 4.69) is 26.2 Å². The number of hydrogen-bond acceptors (Lipinski definition) is 1. The largest absolute Gasteiger partial charge is 0.359 e. The normalized spacial score (nSPS) is 10.2. The molecule has 0 spiro atoms. The third kappa shape index (κ3) is 1.45. The van der Waals surface area contributed by atoms with Crippen LogP contribution in [0.1, 0.15) is 0 Å². The quantitative estimate of drug-likeness (QED) is 0.777. The van der Waals surface area contributed by atoms with Gasteiger partial charge < -0.3 is 10.3 Å². The van der Waals surface area contributed by atoms with E-state index >= 15 is 0 Å². The summed E-state index contributed by atoms with van der Waals surface area (Å²) in [5.74, 6) is 0. The van der Waals surface area contributed by atoms with Gasteiger partial charge in [-0.1, -0.05) is 15.9 Å². The summed E-state index contributed by atoms with van der Waals surface area (Å²) in [6.07, 6.45) is 2.51. The van der Waals surface area contributed by atoms with E-state index < -0.39 is 0 Å². The first kappa shape index (κ1) is 8.31. The fraction of sp³-hybridized carbons (Fsp3) is 0. The number of halogens is 1. The van der Waals surface area contributed by atoms with Crippen molar-refractivity contribution in [2.75, 3.05) is 5.32 Å². The van der Waals surface area contributed by atoms with Gasteiger partial charge in [0.05, 0.1) is 11.2 Å². The van der Waals surface area contributed by atoms with E-state index in [9.17, 15) is 4.79 Å². The van der Waals surface area contributed by atoms with Gasteiger partial charge in [-0.15, -0.1) is 0 Å². The van der Waals surface area contributed by atoms with Gasteiger partial charge in [-0.25, -0.2) is 0 Å². The zero-order chi connectivity index (χ0) is 9.26. The number of nitrogens with one attached hydrogen (secondary N) is 2. The molecule has 0 saturated heterocycles. The summed E-state index contributed by atoms with van der Waals surface area (Å²) in [5, 5.41) is 3.70. The SMILES string of the molecule is O=CNc1cc(Br)cc2cc[nH]c12. The molecule has 66 valence electrons. The molecule has 0 aliphatic rings. The molecule has 0 radical (unpaired) electrons. The number of carbonyl (C=O) groups is 1. The molecule has 0 bridgehead atoms. The highest BCUT2D eigenvalue weighted by atomic mass is 79.9. The summed E-state index contributed by atoms with van der Waals surface area (Å²) in [6, 6.07) is 5.80. The van der Waals surface area contributed by atoms with Crippen LogP contribution < -0.4 is 5.32 Å². The lowest BCUT2D eigenvalue weighted by Gasteiger charge is -2.01. The molecule has 1 heterocycles. The van der Waals surface area contributed by atoms with Gasteiger partial charge in [0, 0.05) is 16.1 Å². The van der Waals surface area contributed by atoms with Crippen LogP contribution in [-0.2, 0) is 4.79 Å². The Balaban J connectivity index is 2.69.